The van der Waals surface area contributed by atoms with E-state index < -0.39 is 0 Å². The Morgan fingerprint density at radius 3 is 2.53 bits per heavy atom. The highest BCUT2D eigenvalue weighted by atomic mass is 35.5. The van der Waals surface area contributed by atoms with E-state index in [1.807, 2.05) is 0 Å². The number of carbonyl (C=O) groups is 1. The summed E-state index contributed by atoms with van der Waals surface area (Å²) in [4.78, 5) is 11.7. The average Bonchev–Trinajstić information content (AvgIpc) is 2.79. The topological polar surface area (TPSA) is 57.8 Å². The maximum absolute atomic E-state index is 11.7. The highest BCUT2D eigenvalue weighted by Gasteiger charge is 2.11. The van der Waals surface area contributed by atoms with E-state index in [9.17, 15) is 4.79 Å². The van der Waals surface area contributed by atoms with Gasteiger partial charge in [-0.1, -0.05) is 34.8 Å². The number of rotatable bonds is 2. The molecule has 4 nitrogen and oxygen atoms in total. The lowest BCUT2D eigenvalue weighted by Crippen LogP contribution is -2.11. The lowest BCUT2D eigenvalue weighted by atomic mass is 10.3. The molecule has 1 aromatic carbocycles. The summed E-state index contributed by atoms with van der Waals surface area (Å²) in [6, 6.07) is 2.96. The fourth-order valence-corrected chi connectivity index (χ4v) is 1.78. The molecule has 0 bridgehead atoms. The van der Waals surface area contributed by atoms with E-state index in [4.69, 9.17) is 34.8 Å². The molecule has 0 aliphatic rings. The van der Waals surface area contributed by atoms with Crippen molar-refractivity contribution in [1.82, 2.24) is 10.2 Å². The summed E-state index contributed by atoms with van der Waals surface area (Å²) in [6.07, 6.45) is 2.88. The fraction of sp³-hybridized carbons (Fsp3) is 0. The van der Waals surface area contributed by atoms with Crippen LogP contribution in [-0.2, 0) is 0 Å². The predicted octanol–water partition coefficient (Wildman–Crippen LogP) is 3.62. The molecular formula is C10H6Cl3N3O. The second-order valence-corrected chi connectivity index (χ2v) is 4.41. The number of amides is 1. The Morgan fingerprint density at radius 2 is 1.88 bits per heavy atom. The highest BCUT2D eigenvalue weighted by Crippen LogP contribution is 2.32. The van der Waals surface area contributed by atoms with Crippen molar-refractivity contribution in [3.05, 3.63) is 45.2 Å². The van der Waals surface area contributed by atoms with E-state index >= 15 is 0 Å². The third-order valence-corrected chi connectivity index (χ3v) is 3.05. The molecule has 0 spiro atoms. The molecule has 7 heteroatoms. The molecule has 0 aliphatic carbocycles. The molecule has 2 aromatic rings. The highest BCUT2D eigenvalue weighted by molar-refractivity contribution is 6.44. The molecule has 0 radical (unpaired) electrons. The van der Waals surface area contributed by atoms with Gasteiger partial charge in [0, 0.05) is 6.20 Å². The predicted molar refractivity (Wildman–Crippen MR) is 68.0 cm³/mol. The maximum atomic E-state index is 11.7. The van der Waals surface area contributed by atoms with E-state index in [0.29, 0.717) is 26.3 Å². The Balaban J connectivity index is 2.25. The molecule has 88 valence electrons. The lowest BCUT2D eigenvalue weighted by molar-refractivity contribution is 0.102. The number of nitrogens with one attached hydrogen (secondary N) is 2. The summed E-state index contributed by atoms with van der Waals surface area (Å²) in [7, 11) is 0. The standard InChI is InChI=1S/C10H6Cl3N3O/c11-6-1-8(13)9(2-7(6)12)16-10(17)5-3-14-15-4-5/h1-4H,(H,14,15)(H,16,17). The van der Waals surface area contributed by atoms with Gasteiger partial charge in [-0.15, -0.1) is 0 Å². The van der Waals surface area contributed by atoms with Crippen LogP contribution in [0.4, 0.5) is 5.69 Å². The van der Waals surface area contributed by atoms with Gasteiger partial charge in [-0.2, -0.15) is 5.10 Å². The minimum atomic E-state index is -0.334. The average molecular weight is 291 g/mol. The van der Waals surface area contributed by atoms with Crippen molar-refractivity contribution in [3.8, 4) is 0 Å². The summed E-state index contributed by atoms with van der Waals surface area (Å²) < 4.78 is 0. The molecule has 2 rings (SSSR count). The van der Waals surface area contributed by atoms with Crippen molar-refractivity contribution in [2.75, 3.05) is 5.32 Å². The van der Waals surface area contributed by atoms with Crippen LogP contribution in [0.2, 0.25) is 15.1 Å². The van der Waals surface area contributed by atoms with Gasteiger partial charge in [0.25, 0.3) is 5.91 Å². The number of hydrogen-bond donors (Lipinski definition) is 2. The Hall–Kier alpha value is -1.23. The van der Waals surface area contributed by atoms with Crippen molar-refractivity contribution in [3.63, 3.8) is 0 Å². The van der Waals surface area contributed by atoms with Crippen LogP contribution in [0.15, 0.2) is 24.5 Å². The molecule has 0 saturated carbocycles. The van der Waals surface area contributed by atoms with Crippen molar-refractivity contribution in [2.24, 2.45) is 0 Å². The molecule has 0 fully saturated rings. The Bertz CT molecular complexity index is 554. The zero-order valence-electron chi connectivity index (χ0n) is 8.30. The molecule has 0 atom stereocenters. The first-order chi connectivity index (χ1) is 8.08. The van der Waals surface area contributed by atoms with Crippen LogP contribution in [0, 0.1) is 0 Å². The molecule has 1 aromatic heterocycles. The first-order valence-electron chi connectivity index (χ1n) is 4.52. The number of carbonyl (C=O) groups excluding carboxylic acids is 1. The van der Waals surface area contributed by atoms with E-state index in [-0.39, 0.29) is 5.91 Å². The number of anilines is 1. The van der Waals surface area contributed by atoms with Crippen LogP contribution in [-0.4, -0.2) is 16.1 Å². The molecule has 1 heterocycles. The molecule has 0 aliphatic heterocycles. The van der Waals surface area contributed by atoms with E-state index in [1.54, 1.807) is 0 Å². The summed E-state index contributed by atoms with van der Waals surface area (Å²) in [6.45, 7) is 0. The van der Waals surface area contributed by atoms with Crippen LogP contribution >= 0.6 is 34.8 Å². The first-order valence-corrected chi connectivity index (χ1v) is 5.66. The molecule has 0 saturated heterocycles. The molecular weight excluding hydrogens is 284 g/mol. The number of aromatic nitrogens is 2. The van der Waals surface area contributed by atoms with Gasteiger partial charge in [-0.25, -0.2) is 0 Å². The number of benzene rings is 1. The van der Waals surface area contributed by atoms with Crippen LogP contribution in [0.5, 0.6) is 0 Å². The van der Waals surface area contributed by atoms with Gasteiger partial charge in [0.05, 0.1) is 32.5 Å². The lowest BCUT2D eigenvalue weighted by Gasteiger charge is -2.07. The normalized spacial score (nSPS) is 10.3. The largest absolute Gasteiger partial charge is 0.320 e. The quantitative estimate of drug-likeness (QED) is 0.830. The van der Waals surface area contributed by atoms with E-state index in [0.717, 1.165) is 0 Å². The fourth-order valence-electron chi connectivity index (χ4n) is 1.19. The minimum Gasteiger partial charge on any atom is -0.320 e. The number of nitrogens with zero attached hydrogens (tertiary/aromatic N) is 1. The second-order valence-electron chi connectivity index (χ2n) is 3.19. The third kappa shape index (κ3) is 2.72. The van der Waals surface area contributed by atoms with E-state index in [1.165, 1.54) is 24.5 Å². The first kappa shape index (κ1) is 12.2. The molecule has 2 N–H and O–H groups in total. The van der Waals surface area contributed by atoms with Gasteiger partial charge in [-0.3, -0.25) is 9.89 Å². The SMILES string of the molecule is O=C(Nc1cc(Cl)c(Cl)cc1Cl)c1cn[nH]c1. The van der Waals surface area contributed by atoms with Crippen molar-refractivity contribution < 1.29 is 4.79 Å². The van der Waals surface area contributed by atoms with Gasteiger partial charge < -0.3 is 5.32 Å². The Morgan fingerprint density at radius 1 is 1.18 bits per heavy atom. The van der Waals surface area contributed by atoms with Crippen LogP contribution in [0.3, 0.4) is 0 Å². The molecule has 0 unspecified atom stereocenters. The zero-order valence-corrected chi connectivity index (χ0v) is 10.6. The summed E-state index contributed by atoms with van der Waals surface area (Å²) in [5.74, 6) is -0.334. The molecule has 17 heavy (non-hydrogen) atoms. The van der Waals surface area contributed by atoms with Gasteiger partial charge in [0.1, 0.15) is 0 Å². The van der Waals surface area contributed by atoms with Crippen molar-refractivity contribution in [1.29, 1.82) is 0 Å². The van der Waals surface area contributed by atoms with Gasteiger partial charge in [-0.05, 0) is 12.1 Å². The van der Waals surface area contributed by atoms with E-state index in [2.05, 4.69) is 15.5 Å². The van der Waals surface area contributed by atoms with Gasteiger partial charge in [0.2, 0.25) is 0 Å². The monoisotopic (exact) mass is 289 g/mol. The van der Waals surface area contributed by atoms with Crippen LogP contribution in [0.25, 0.3) is 0 Å². The van der Waals surface area contributed by atoms with Crippen LogP contribution in [0.1, 0.15) is 10.4 Å². The smallest absolute Gasteiger partial charge is 0.258 e. The summed E-state index contributed by atoms with van der Waals surface area (Å²) in [5, 5.41) is 9.79. The number of H-pyrrole nitrogens is 1. The van der Waals surface area contributed by atoms with Gasteiger partial charge in [0.15, 0.2) is 0 Å². The number of hydrogen-bond acceptors (Lipinski definition) is 2. The third-order valence-electron chi connectivity index (χ3n) is 2.02. The number of aromatic amines is 1. The second kappa shape index (κ2) is 4.96. The number of halogens is 3. The van der Waals surface area contributed by atoms with Crippen molar-refractivity contribution in [2.45, 2.75) is 0 Å². The van der Waals surface area contributed by atoms with Crippen LogP contribution < -0.4 is 5.32 Å². The zero-order chi connectivity index (χ0) is 12.4. The Labute approximate surface area is 112 Å². The summed E-state index contributed by atoms with van der Waals surface area (Å²) in [5.41, 5.74) is 0.791. The maximum Gasteiger partial charge on any atom is 0.258 e. The molecule has 1 amide bonds. The van der Waals surface area contributed by atoms with Gasteiger partial charge >= 0.3 is 0 Å². The summed E-state index contributed by atoms with van der Waals surface area (Å²) >= 11 is 17.5. The minimum absolute atomic E-state index is 0.316. The van der Waals surface area contributed by atoms with Crippen molar-refractivity contribution >= 4 is 46.4 Å². The Kier molecular flexibility index (Phi) is 3.57.